The van der Waals surface area contributed by atoms with Gasteiger partial charge in [0.15, 0.2) is 10.8 Å². The first kappa shape index (κ1) is 12.8. The number of methoxy groups -OCH3 is 1. The third-order valence-corrected chi connectivity index (χ3v) is 2.69. The average molecular weight is 261 g/mol. The number of anilines is 1. The van der Waals surface area contributed by atoms with E-state index in [1.54, 1.807) is 6.92 Å². The highest BCUT2D eigenvalue weighted by Gasteiger charge is 2.21. The molecule has 0 bridgehead atoms. The summed E-state index contributed by atoms with van der Waals surface area (Å²) in [6.07, 6.45) is 0. The summed E-state index contributed by atoms with van der Waals surface area (Å²) in [5.74, 6) is -0.636. The van der Waals surface area contributed by atoms with Crippen LogP contribution >= 0.6 is 23.2 Å². The molecule has 0 aliphatic carbocycles. The fraction of sp³-hybridized carbons (Fsp3) is 0.200. The van der Waals surface area contributed by atoms with Crippen LogP contribution < -0.4 is 5.73 Å². The molecule has 0 saturated heterocycles. The van der Waals surface area contributed by atoms with E-state index in [4.69, 9.17) is 28.9 Å². The molecule has 1 aromatic heterocycles. The number of aromatic nitrogens is 1. The van der Waals surface area contributed by atoms with Gasteiger partial charge in [-0.1, -0.05) is 29.8 Å². The van der Waals surface area contributed by atoms with Gasteiger partial charge in [0.2, 0.25) is 0 Å². The number of allylic oxidation sites excluding steroid dienone is 1. The van der Waals surface area contributed by atoms with E-state index in [9.17, 15) is 4.79 Å². The minimum Gasteiger partial charge on any atom is -0.464 e. The molecule has 0 saturated carbocycles. The first-order valence-corrected chi connectivity index (χ1v) is 5.04. The highest BCUT2D eigenvalue weighted by atomic mass is 35.5. The van der Waals surface area contributed by atoms with E-state index in [1.165, 1.54) is 7.11 Å². The molecular formula is C10H10Cl2N2O2. The summed E-state index contributed by atoms with van der Waals surface area (Å²) in [5, 5.41) is 0.0666. The molecule has 86 valence electrons. The lowest BCUT2D eigenvalue weighted by atomic mass is 10.1. The second-order valence-electron chi connectivity index (χ2n) is 3.13. The van der Waals surface area contributed by atoms with Gasteiger partial charge in [-0.15, -0.1) is 0 Å². The number of halogens is 2. The van der Waals surface area contributed by atoms with Crippen molar-refractivity contribution in [2.24, 2.45) is 0 Å². The molecule has 0 amide bonds. The van der Waals surface area contributed by atoms with Gasteiger partial charge in [-0.2, -0.15) is 0 Å². The van der Waals surface area contributed by atoms with Crippen LogP contribution in [0.5, 0.6) is 0 Å². The van der Waals surface area contributed by atoms with Crippen molar-refractivity contribution >= 4 is 40.4 Å². The molecule has 16 heavy (non-hydrogen) atoms. The van der Waals surface area contributed by atoms with Crippen LogP contribution in [0.4, 0.5) is 5.69 Å². The van der Waals surface area contributed by atoms with E-state index in [2.05, 4.69) is 16.3 Å². The lowest BCUT2D eigenvalue weighted by Crippen LogP contribution is -2.11. The van der Waals surface area contributed by atoms with E-state index in [1.807, 2.05) is 0 Å². The Hall–Kier alpha value is -1.26. The summed E-state index contributed by atoms with van der Waals surface area (Å²) < 4.78 is 4.58. The fourth-order valence-corrected chi connectivity index (χ4v) is 1.55. The van der Waals surface area contributed by atoms with E-state index >= 15 is 0 Å². The topological polar surface area (TPSA) is 65.2 Å². The predicted molar refractivity (Wildman–Crippen MR) is 64.7 cm³/mol. The number of rotatable bonds is 2. The van der Waals surface area contributed by atoms with Crippen molar-refractivity contribution in [2.75, 3.05) is 12.8 Å². The first-order valence-electron chi connectivity index (χ1n) is 4.28. The van der Waals surface area contributed by atoms with Crippen molar-refractivity contribution in [1.82, 2.24) is 4.98 Å². The fourth-order valence-electron chi connectivity index (χ4n) is 1.23. The zero-order valence-electron chi connectivity index (χ0n) is 8.80. The number of hydrogen-bond donors (Lipinski definition) is 1. The number of pyridine rings is 1. The Morgan fingerprint density at radius 2 is 2.06 bits per heavy atom. The number of ether oxygens (including phenoxy) is 1. The molecule has 0 atom stereocenters. The Kier molecular flexibility index (Phi) is 3.78. The van der Waals surface area contributed by atoms with E-state index in [0.29, 0.717) is 11.1 Å². The maximum absolute atomic E-state index is 11.5. The molecule has 1 rings (SSSR count). The van der Waals surface area contributed by atoms with Crippen LogP contribution in [-0.4, -0.2) is 18.1 Å². The zero-order valence-corrected chi connectivity index (χ0v) is 10.3. The quantitative estimate of drug-likeness (QED) is 0.656. The van der Waals surface area contributed by atoms with Gasteiger partial charge in [-0.25, -0.2) is 9.78 Å². The number of carbonyl (C=O) groups is 1. The first-order chi connectivity index (χ1) is 7.40. The van der Waals surface area contributed by atoms with Gasteiger partial charge < -0.3 is 10.5 Å². The number of nitrogens with two attached hydrogens (primary N) is 1. The molecule has 6 heteroatoms. The van der Waals surface area contributed by atoms with Gasteiger partial charge in [0.25, 0.3) is 0 Å². The molecule has 0 fully saturated rings. The summed E-state index contributed by atoms with van der Waals surface area (Å²) in [7, 11) is 1.24. The molecule has 1 heterocycles. The van der Waals surface area contributed by atoms with Gasteiger partial charge in [-0.05, 0) is 12.5 Å². The number of nitrogens with zero attached hydrogens (tertiary/aromatic N) is 1. The van der Waals surface area contributed by atoms with Crippen LogP contribution in [-0.2, 0) is 4.74 Å². The largest absolute Gasteiger partial charge is 0.464 e. The molecular weight excluding hydrogens is 251 g/mol. The Balaban J connectivity index is 3.60. The van der Waals surface area contributed by atoms with E-state index in [-0.39, 0.29) is 21.6 Å². The van der Waals surface area contributed by atoms with E-state index in [0.717, 1.165) is 0 Å². The van der Waals surface area contributed by atoms with Crippen LogP contribution in [0.2, 0.25) is 10.2 Å². The number of esters is 1. The van der Waals surface area contributed by atoms with Crippen LogP contribution in [0.15, 0.2) is 6.58 Å². The third-order valence-electron chi connectivity index (χ3n) is 1.94. The van der Waals surface area contributed by atoms with Gasteiger partial charge in [0, 0.05) is 5.56 Å². The molecule has 2 N–H and O–H groups in total. The maximum Gasteiger partial charge on any atom is 0.357 e. The molecule has 1 aromatic rings. The summed E-state index contributed by atoms with van der Waals surface area (Å²) in [6.45, 7) is 5.39. The lowest BCUT2D eigenvalue weighted by molar-refractivity contribution is 0.0593. The monoisotopic (exact) mass is 260 g/mol. The maximum atomic E-state index is 11.5. The van der Waals surface area contributed by atoms with Crippen molar-refractivity contribution in [3.8, 4) is 0 Å². The predicted octanol–water partition coefficient (Wildman–Crippen LogP) is 2.79. The Morgan fingerprint density at radius 1 is 1.50 bits per heavy atom. The van der Waals surface area contributed by atoms with Crippen molar-refractivity contribution in [1.29, 1.82) is 0 Å². The van der Waals surface area contributed by atoms with Crippen molar-refractivity contribution in [3.63, 3.8) is 0 Å². The normalized spacial score (nSPS) is 10.0. The van der Waals surface area contributed by atoms with Crippen LogP contribution in [0.1, 0.15) is 23.0 Å². The second-order valence-corrected chi connectivity index (χ2v) is 3.86. The number of nitrogen functional groups attached to an aromatic ring is 1. The summed E-state index contributed by atoms with van der Waals surface area (Å²) in [6, 6.07) is 0. The molecule has 0 unspecified atom stereocenters. The summed E-state index contributed by atoms with van der Waals surface area (Å²) in [4.78, 5) is 15.3. The third kappa shape index (κ3) is 2.13. The van der Waals surface area contributed by atoms with Gasteiger partial charge >= 0.3 is 5.97 Å². The molecule has 0 radical (unpaired) electrons. The average Bonchev–Trinajstić information content (AvgIpc) is 2.23. The van der Waals surface area contributed by atoms with E-state index < -0.39 is 5.97 Å². The van der Waals surface area contributed by atoms with Crippen molar-refractivity contribution < 1.29 is 9.53 Å². The number of carbonyl (C=O) groups excluding carboxylic acids is 1. The second kappa shape index (κ2) is 4.72. The van der Waals surface area contributed by atoms with Gasteiger partial charge in [0.05, 0.1) is 12.8 Å². The van der Waals surface area contributed by atoms with Crippen molar-refractivity contribution in [2.45, 2.75) is 6.92 Å². The minimum atomic E-state index is -0.636. The summed E-state index contributed by atoms with van der Waals surface area (Å²) >= 11 is 11.6. The Bertz CT molecular complexity index is 472. The molecule has 0 aromatic carbocycles. The smallest absolute Gasteiger partial charge is 0.357 e. The van der Waals surface area contributed by atoms with Crippen LogP contribution in [0, 0.1) is 0 Å². The standard InChI is InChI=1S/C10H10Cl2N2O2/c1-4(2)5-7(13)6(11)9(12)14-8(5)10(15)16-3/h1H2,2-3H3,(H2,13,14). The molecule has 0 aliphatic heterocycles. The Morgan fingerprint density at radius 3 is 2.50 bits per heavy atom. The highest BCUT2D eigenvalue weighted by molar-refractivity contribution is 6.43. The zero-order chi connectivity index (χ0) is 12.5. The van der Waals surface area contributed by atoms with Gasteiger partial charge in [0.1, 0.15) is 5.02 Å². The molecule has 0 aliphatic rings. The molecule has 0 spiro atoms. The Labute approximate surface area is 103 Å². The van der Waals surface area contributed by atoms with Crippen LogP contribution in [0.25, 0.3) is 5.57 Å². The lowest BCUT2D eigenvalue weighted by Gasteiger charge is -2.12. The molecule has 4 nitrogen and oxygen atoms in total. The SMILES string of the molecule is C=C(C)c1c(C(=O)OC)nc(Cl)c(Cl)c1N. The minimum absolute atomic E-state index is 0.0156. The van der Waals surface area contributed by atoms with Gasteiger partial charge in [-0.3, -0.25) is 0 Å². The highest BCUT2D eigenvalue weighted by Crippen LogP contribution is 2.34. The number of hydrogen-bond acceptors (Lipinski definition) is 4. The van der Waals surface area contributed by atoms with Crippen LogP contribution in [0.3, 0.4) is 0 Å². The van der Waals surface area contributed by atoms with Crippen molar-refractivity contribution in [3.05, 3.63) is 28.0 Å². The summed E-state index contributed by atoms with van der Waals surface area (Å²) in [5.41, 5.74) is 6.87.